The first-order valence-corrected chi connectivity index (χ1v) is 10.2. The molecule has 29 heavy (non-hydrogen) atoms. The molecule has 6 nitrogen and oxygen atoms in total. The molecule has 1 saturated carbocycles. The van der Waals surface area contributed by atoms with Gasteiger partial charge < -0.3 is 20.1 Å². The van der Waals surface area contributed by atoms with Crippen LogP contribution < -0.4 is 10.6 Å². The van der Waals surface area contributed by atoms with Crippen LogP contribution in [0.5, 0.6) is 0 Å². The first-order valence-electron chi connectivity index (χ1n) is 10.2. The molecule has 0 spiro atoms. The van der Waals surface area contributed by atoms with Crippen LogP contribution in [-0.4, -0.2) is 29.4 Å². The summed E-state index contributed by atoms with van der Waals surface area (Å²) in [5, 5.41) is 5.91. The minimum absolute atomic E-state index is 0.118. The van der Waals surface area contributed by atoms with E-state index in [0.29, 0.717) is 12.3 Å². The maximum Gasteiger partial charge on any atom is 0.407 e. The molecule has 160 valence electrons. The molecule has 0 aliphatic heterocycles. The Labute approximate surface area is 174 Å². The van der Waals surface area contributed by atoms with Crippen LogP contribution in [0.2, 0.25) is 0 Å². The predicted octanol–water partition coefficient (Wildman–Crippen LogP) is 4.94. The molecule has 1 aliphatic carbocycles. The van der Waals surface area contributed by atoms with Crippen LogP contribution in [0.3, 0.4) is 0 Å². The number of hydrogen-bond donors (Lipinski definition) is 2. The van der Waals surface area contributed by atoms with Crippen molar-refractivity contribution in [1.82, 2.24) is 10.6 Å². The molecule has 1 atom stereocenters. The number of nitrogens with one attached hydrogen (secondary N) is 2. The van der Waals surface area contributed by atoms with Gasteiger partial charge in [0.05, 0.1) is 0 Å². The van der Waals surface area contributed by atoms with Gasteiger partial charge in [0.2, 0.25) is 0 Å². The van der Waals surface area contributed by atoms with Gasteiger partial charge in [-0.2, -0.15) is 0 Å². The van der Waals surface area contributed by atoms with Crippen molar-refractivity contribution in [1.29, 1.82) is 0 Å². The van der Waals surface area contributed by atoms with Gasteiger partial charge in [0.1, 0.15) is 12.2 Å². The zero-order chi connectivity index (χ0) is 21.5. The lowest BCUT2D eigenvalue weighted by Crippen LogP contribution is -2.52. The van der Waals surface area contributed by atoms with Crippen LogP contribution in [0.25, 0.3) is 0 Å². The van der Waals surface area contributed by atoms with E-state index < -0.39 is 17.2 Å². The zero-order valence-electron chi connectivity index (χ0n) is 18.0. The molecular formula is C23H34N2O4. The summed E-state index contributed by atoms with van der Waals surface area (Å²) in [6.07, 6.45) is 4.19. The number of carbonyl (C=O) groups excluding carboxylic acids is 2. The van der Waals surface area contributed by atoms with E-state index in [9.17, 15) is 9.59 Å². The van der Waals surface area contributed by atoms with Gasteiger partial charge >= 0.3 is 12.2 Å². The summed E-state index contributed by atoms with van der Waals surface area (Å²) in [6, 6.07) is 9.71. The Bertz CT molecular complexity index is 693. The molecule has 1 aromatic carbocycles. The lowest BCUT2D eigenvalue weighted by molar-refractivity contribution is 0.0437. The topological polar surface area (TPSA) is 76.7 Å². The van der Waals surface area contributed by atoms with Gasteiger partial charge in [-0.05, 0) is 64.9 Å². The molecule has 0 bridgehead atoms. The molecule has 1 aliphatic rings. The molecule has 2 amide bonds. The molecule has 2 rings (SSSR count). The number of benzene rings is 1. The van der Waals surface area contributed by atoms with Crippen molar-refractivity contribution < 1.29 is 19.1 Å². The lowest BCUT2D eigenvalue weighted by atomic mass is 9.72. The van der Waals surface area contributed by atoms with Crippen LogP contribution in [0.4, 0.5) is 9.59 Å². The highest BCUT2D eigenvalue weighted by atomic mass is 16.6. The molecule has 0 aromatic heterocycles. The summed E-state index contributed by atoms with van der Waals surface area (Å²) in [6.45, 7) is 11.6. The number of amides is 2. The zero-order valence-corrected chi connectivity index (χ0v) is 18.0. The second-order valence-electron chi connectivity index (χ2n) is 9.12. The largest absolute Gasteiger partial charge is 0.445 e. The molecule has 2 N–H and O–H groups in total. The Morgan fingerprint density at radius 2 is 1.79 bits per heavy atom. The van der Waals surface area contributed by atoms with E-state index >= 15 is 0 Å². The highest BCUT2D eigenvalue weighted by Gasteiger charge is 2.37. The third kappa shape index (κ3) is 8.18. The third-order valence-corrected chi connectivity index (χ3v) is 4.91. The third-order valence-electron chi connectivity index (χ3n) is 4.91. The Morgan fingerprint density at radius 3 is 2.38 bits per heavy atom. The molecule has 0 saturated heterocycles. The average molecular weight is 403 g/mol. The highest BCUT2D eigenvalue weighted by Crippen LogP contribution is 2.36. The van der Waals surface area contributed by atoms with Gasteiger partial charge in [-0.15, -0.1) is 6.58 Å². The van der Waals surface area contributed by atoms with Gasteiger partial charge in [0, 0.05) is 11.6 Å². The maximum atomic E-state index is 12.3. The van der Waals surface area contributed by atoms with Crippen molar-refractivity contribution in [2.24, 2.45) is 5.92 Å². The van der Waals surface area contributed by atoms with Crippen LogP contribution in [0.15, 0.2) is 43.0 Å². The number of hydrogen-bond acceptors (Lipinski definition) is 4. The fourth-order valence-electron chi connectivity index (χ4n) is 3.64. The molecule has 0 radical (unpaired) electrons. The standard InChI is InChI=1S/C23H34N2O4/c1-6-12-23(5,25-21(27)28-16-17-10-8-7-9-11-17)15-18-13-19(14-18)24-20(26)29-22(2,3)4/h6-11,18-19H,1,12-16H2,2-5H3,(H,24,26)(H,25,27)/t18?,19?,23-/m0/s1. The van der Waals surface area contributed by atoms with Crippen molar-refractivity contribution in [2.75, 3.05) is 0 Å². The minimum atomic E-state index is -0.500. The van der Waals surface area contributed by atoms with E-state index in [1.165, 1.54) is 0 Å². The fraction of sp³-hybridized carbons (Fsp3) is 0.565. The minimum Gasteiger partial charge on any atom is -0.445 e. The summed E-state index contributed by atoms with van der Waals surface area (Å²) in [4.78, 5) is 24.2. The summed E-state index contributed by atoms with van der Waals surface area (Å²) >= 11 is 0. The quantitative estimate of drug-likeness (QED) is 0.604. The van der Waals surface area contributed by atoms with Crippen LogP contribution in [-0.2, 0) is 16.1 Å². The van der Waals surface area contributed by atoms with Crippen molar-refractivity contribution in [3.05, 3.63) is 48.6 Å². The number of ether oxygens (including phenoxy) is 2. The number of carbonyl (C=O) groups is 2. The molecule has 6 heteroatoms. The monoisotopic (exact) mass is 402 g/mol. The summed E-state index contributed by atoms with van der Waals surface area (Å²) in [5.74, 6) is 0.411. The SMILES string of the molecule is C=CC[C@@](C)(CC1CC(NC(=O)OC(C)(C)C)C1)NC(=O)OCc1ccccc1. The Morgan fingerprint density at radius 1 is 1.14 bits per heavy atom. The van der Waals surface area contributed by atoms with E-state index in [-0.39, 0.29) is 18.7 Å². The van der Waals surface area contributed by atoms with E-state index in [0.717, 1.165) is 24.8 Å². The summed E-state index contributed by atoms with van der Waals surface area (Å²) in [7, 11) is 0. The van der Waals surface area contributed by atoms with Gasteiger partial charge in [-0.25, -0.2) is 9.59 Å². The van der Waals surface area contributed by atoms with Gasteiger partial charge in [0.25, 0.3) is 0 Å². The van der Waals surface area contributed by atoms with Crippen molar-refractivity contribution in [3.8, 4) is 0 Å². The van der Waals surface area contributed by atoms with Crippen LogP contribution in [0, 0.1) is 5.92 Å². The Hall–Kier alpha value is -2.50. The first-order chi connectivity index (χ1) is 13.6. The van der Waals surface area contributed by atoms with Gasteiger partial charge in [-0.3, -0.25) is 0 Å². The van der Waals surface area contributed by atoms with Crippen LogP contribution >= 0.6 is 0 Å². The molecule has 0 unspecified atom stereocenters. The first kappa shape index (κ1) is 22.8. The Balaban J connectivity index is 1.77. The van der Waals surface area contributed by atoms with Gasteiger partial charge in [0.15, 0.2) is 0 Å². The van der Waals surface area contributed by atoms with Crippen molar-refractivity contribution >= 4 is 12.2 Å². The second kappa shape index (κ2) is 9.81. The normalized spacial score (nSPS) is 20.6. The Kier molecular flexibility index (Phi) is 7.71. The molecular weight excluding hydrogens is 368 g/mol. The average Bonchev–Trinajstić information content (AvgIpc) is 2.57. The molecule has 1 aromatic rings. The lowest BCUT2D eigenvalue weighted by Gasteiger charge is -2.41. The number of alkyl carbamates (subject to hydrolysis) is 2. The van der Waals surface area contributed by atoms with Gasteiger partial charge in [-0.1, -0.05) is 36.4 Å². The van der Waals surface area contributed by atoms with E-state index in [1.54, 1.807) is 0 Å². The molecule has 1 fully saturated rings. The number of rotatable bonds is 8. The van der Waals surface area contributed by atoms with E-state index in [1.807, 2.05) is 64.1 Å². The van der Waals surface area contributed by atoms with E-state index in [2.05, 4.69) is 17.2 Å². The smallest absolute Gasteiger partial charge is 0.407 e. The highest BCUT2D eigenvalue weighted by molar-refractivity contribution is 5.68. The summed E-state index contributed by atoms with van der Waals surface area (Å²) < 4.78 is 10.7. The fourth-order valence-corrected chi connectivity index (χ4v) is 3.64. The predicted molar refractivity (Wildman–Crippen MR) is 113 cm³/mol. The van der Waals surface area contributed by atoms with Crippen molar-refractivity contribution in [3.63, 3.8) is 0 Å². The second-order valence-corrected chi connectivity index (χ2v) is 9.12. The summed E-state index contributed by atoms with van der Waals surface area (Å²) in [5.41, 5.74) is 0.0137. The van der Waals surface area contributed by atoms with E-state index in [4.69, 9.17) is 9.47 Å². The molecule has 0 heterocycles. The van der Waals surface area contributed by atoms with Crippen molar-refractivity contribution in [2.45, 2.75) is 77.2 Å². The van der Waals surface area contributed by atoms with Crippen LogP contribution in [0.1, 0.15) is 58.9 Å². The maximum absolute atomic E-state index is 12.3.